The van der Waals surface area contributed by atoms with Gasteiger partial charge in [-0.25, -0.2) is 0 Å². The molecule has 2 N–H and O–H groups in total. The van der Waals surface area contributed by atoms with E-state index in [4.69, 9.17) is 9.47 Å². The summed E-state index contributed by atoms with van der Waals surface area (Å²) in [5.41, 5.74) is 4.39. The topological polar surface area (TPSA) is 50.0 Å². The van der Waals surface area contributed by atoms with E-state index in [0.29, 0.717) is 0 Å². The van der Waals surface area contributed by atoms with Crippen LogP contribution in [0.1, 0.15) is 0 Å². The maximum absolute atomic E-state index is 5.37. The minimum Gasteiger partial charge on any atom is -0.493 e. The van der Waals surface area contributed by atoms with Crippen molar-refractivity contribution in [2.24, 2.45) is 0 Å². The van der Waals surface area contributed by atoms with E-state index in [1.54, 1.807) is 14.2 Å². The van der Waals surface area contributed by atoms with Gasteiger partial charge in [-0.1, -0.05) is 18.2 Å². The number of aromatic nitrogens is 2. The van der Waals surface area contributed by atoms with Crippen molar-refractivity contribution in [3.63, 3.8) is 0 Å². The summed E-state index contributed by atoms with van der Waals surface area (Å²) in [6, 6.07) is 14.4. The van der Waals surface area contributed by atoms with E-state index in [1.165, 1.54) is 5.39 Å². The Labute approximate surface area is 127 Å². The molecule has 0 aliphatic carbocycles. The average molecular weight is 292 g/mol. The highest BCUT2D eigenvalue weighted by Gasteiger charge is 2.12. The largest absolute Gasteiger partial charge is 0.493 e. The zero-order valence-electron chi connectivity index (χ0n) is 12.4. The van der Waals surface area contributed by atoms with Crippen LogP contribution in [-0.4, -0.2) is 24.2 Å². The molecule has 4 heteroatoms. The van der Waals surface area contributed by atoms with Gasteiger partial charge in [0.1, 0.15) is 0 Å². The van der Waals surface area contributed by atoms with Gasteiger partial charge in [-0.15, -0.1) is 0 Å². The predicted molar refractivity (Wildman–Crippen MR) is 88.7 cm³/mol. The van der Waals surface area contributed by atoms with Gasteiger partial charge in [0.2, 0.25) is 0 Å². The van der Waals surface area contributed by atoms with E-state index in [-0.39, 0.29) is 0 Å². The van der Waals surface area contributed by atoms with Gasteiger partial charge in [0, 0.05) is 45.3 Å². The Hall–Kier alpha value is -2.88. The minimum atomic E-state index is 0.724. The number of H-pyrrole nitrogens is 2. The highest BCUT2D eigenvalue weighted by molar-refractivity contribution is 5.98. The molecule has 0 spiro atoms. The van der Waals surface area contributed by atoms with E-state index in [1.807, 2.05) is 30.5 Å². The number of methoxy groups -OCH3 is 2. The number of fused-ring (bicyclic) bond motifs is 2. The third kappa shape index (κ3) is 1.84. The number of hydrogen-bond donors (Lipinski definition) is 2. The van der Waals surface area contributed by atoms with E-state index < -0.39 is 0 Å². The molecule has 0 unspecified atom stereocenters. The summed E-state index contributed by atoms with van der Waals surface area (Å²) in [6.07, 6.45) is 2.03. The molecule has 4 nitrogen and oxygen atoms in total. The van der Waals surface area contributed by atoms with Crippen molar-refractivity contribution in [2.45, 2.75) is 0 Å². The highest BCUT2D eigenvalue weighted by Crippen LogP contribution is 2.35. The second kappa shape index (κ2) is 4.84. The van der Waals surface area contributed by atoms with Gasteiger partial charge in [-0.05, 0) is 18.2 Å². The molecule has 22 heavy (non-hydrogen) atoms. The van der Waals surface area contributed by atoms with Crippen LogP contribution in [0.2, 0.25) is 0 Å². The maximum atomic E-state index is 5.37. The lowest BCUT2D eigenvalue weighted by molar-refractivity contribution is 0.356. The standard InChI is InChI=1S/C18H16N2O2/c1-21-17-8-11-7-16(20-15(11)9-18(17)22-2)13-10-19-14-6-4-3-5-12(13)14/h3-10,19-20H,1-2H3. The van der Waals surface area contributed by atoms with Gasteiger partial charge in [-0.3, -0.25) is 0 Å². The SMILES string of the molecule is COc1cc2cc(-c3c[nH]c4ccccc34)[nH]c2cc1OC. The first-order valence-electron chi connectivity index (χ1n) is 7.11. The Morgan fingerprint density at radius 3 is 2.45 bits per heavy atom. The average Bonchev–Trinajstić information content (AvgIpc) is 3.16. The zero-order chi connectivity index (χ0) is 15.1. The third-order valence-corrected chi connectivity index (χ3v) is 4.00. The van der Waals surface area contributed by atoms with Gasteiger partial charge in [0.15, 0.2) is 11.5 Å². The lowest BCUT2D eigenvalue weighted by Gasteiger charge is -2.06. The van der Waals surface area contributed by atoms with Gasteiger partial charge in [-0.2, -0.15) is 0 Å². The molecule has 2 heterocycles. The van der Waals surface area contributed by atoms with Crippen molar-refractivity contribution < 1.29 is 9.47 Å². The Kier molecular flexibility index (Phi) is 2.82. The van der Waals surface area contributed by atoms with E-state index in [0.717, 1.165) is 39.2 Å². The molecule has 0 aliphatic rings. The summed E-state index contributed by atoms with van der Waals surface area (Å²) >= 11 is 0. The van der Waals surface area contributed by atoms with Gasteiger partial charge < -0.3 is 19.4 Å². The van der Waals surface area contributed by atoms with Crippen molar-refractivity contribution in [2.75, 3.05) is 14.2 Å². The van der Waals surface area contributed by atoms with E-state index in [9.17, 15) is 0 Å². The Morgan fingerprint density at radius 1 is 0.864 bits per heavy atom. The molecule has 0 radical (unpaired) electrons. The van der Waals surface area contributed by atoms with Crippen LogP contribution < -0.4 is 9.47 Å². The van der Waals surface area contributed by atoms with Gasteiger partial charge in [0.05, 0.1) is 14.2 Å². The number of hydrogen-bond acceptors (Lipinski definition) is 2. The fraction of sp³-hybridized carbons (Fsp3) is 0.111. The number of benzene rings is 2. The maximum Gasteiger partial charge on any atom is 0.162 e. The summed E-state index contributed by atoms with van der Waals surface area (Å²) < 4.78 is 10.7. The molecule has 2 aromatic heterocycles. The molecule has 0 atom stereocenters. The summed E-state index contributed by atoms with van der Waals surface area (Å²) in [6.45, 7) is 0. The summed E-state index contributed by atoms with van der Waals surface area (Å²) in [5.74, 6) is 1.46. The van der Waals surface area contributed by atoms with Crippen LogP contribution in [0.5, 0.6) is 11.5 Å². The Bertz CT molecular complexity index is 925. The first kappa shape index (κ1) is 12.8. The molecule has 0 saturated carbocycles. The molecular formula is C18H16N2O2. The second-order valence-electron chi connectivity index (χ2n) is 5.23. The first-order valence-corrected chi connectivity index (χ1v) is 7.11. The molecule has 2 aromatic carbocycles. The molecule has 110 valence electrons. The van der Waals surface area contributed by atoms with E-state index >= 15 is 0 Å². The van der Waals surface area contributed by atoms with Crippen LogP contribution in [0, 0.1) is 0 Å². The van der Waals surface area contributed by atoms with Crippen LogP contribution in [0.4, 0.5) is 0 Å². The molecule has 0 amide bonds. The minimum absolute atomic E-state index is 0.724. The van der Waals surface area contributed by atoms with Crippen molar-refractivity contribution in [3.8, 4) is 22.8 Å². The van der Waals surface area contributed by atoms with E-state index in [2.05, 4.69) is 28.2 Å². The number of nitrogens with one attached hydrogen (secondary N) is 2. The van der Waals surface area contributed by atoms with Crippen LogP contribution >= 0.6 is 0 Å². The molecule has 0 bridgehead atoms. The Balaban J connectivity index is 1.92. The fourth-order valence-corrected chi connectivity index (χ4v) is 2.90. The smallest absolute Gasteiger partial charge is 0.162 e. The molecule has 4 aromatic rings. The molecular weight excluding hydrogens is 276 g/mol. The Morgan fingerprint density at radius 2 is 1.64 bits per heavy atom. The molecule has 0 aliphatic heterocycles. The summed E-state index contributed by atoms with van der Waals surface area (Å²) in [4.78, 5) is 6.77. The van der Waals surface area contributed by atoms with Gasteiger partial charge in [0.25, 0.3) is 0 Å². The second-order valence-corrected chi connectivity index (χ2v) is 5.23. The number of rotatable bonds is 3. The highest BCUT2D eigenvalue weighted by atomic mass is 16.5. The predicted octanol–water partition coefficient (Wildman–Crippen LogP) is 4.33. The van der Waals surface area contributed by atoms with Crippen LogP contribution in [0.3, 0.4) is 0 Å². The number of para-hydroxylation sites is 1. The van der Waals surface area contributed by atoms with Crippen molar-refractivity contribution in [3.05, 3.63) is 48.7 Å². The summed E-state index contributed by atoms with van der Waals surface area (Å²) in [7, 11) is 3.30. The third-order valence-electron chi connectivity index (χ3n) is 4.00. The first-order chi connectivity index (χ1) is 10.8. The van der Waals surface area contributed by atoms with Crippen molar-refractivity contribution in [1.82, 2.24) is 9.97 Å². The van der Waals surface area contributed by atoms with Crippen molar-refractivity contribution >= 4 is 21.8 Å². The normalized spacial score (nSPS) is 11.2. The number of ether oxygens (including phenoxy) is 2. The molecule has 0 saturated heterocycles. The lowest BCUT2D eigenvalue weighted by Crippen LogP contribution is -1.89. The van der Waals surface area contributed by atoms with Crippen LogP contribution in [0.25, 0.3) is 33.1 Å². The molecule has 4 rings (SSSR count). The fourth-order valence-electron chi connectivity index (χ4n) is 2.90. The number of aromatic amines is 2. The molecule has 0 fully saturated rings. The van der Waals surface area contributed by atoms with Crippen LogP contribution in [0.15, 0.2) is 48.7 Å². The quantitative estimate of drug-likeness (QED) is 0.590. The van der Waals surface area contributed by atoms with Crippen molar-refractivity contribution in [1.29, 1.82) is 0 Å². The van der Waals surface area contributed by atoms with Gasteiger partial charge >= 0.3 is 0 Å². The summed E-state index contributed by atoms with van der Waals surface area (Å²) in [5, 5.41) is 2.30. The monoisotopic (exact) mass is 292 g/mol. The van der Waals surface area contributed by atoms with Crippen LogP contribution in [-0.2, 0) is 0 Å². The zero-order valence-corrected chi connectivity index (χ0v) is 12.4. The lowest BCUT2D eigenvalue weighted by atomic mass is 10.1.